The molecule has 0 saturated carbocycles. The van der Waals surface area contributed by atoms with Crippen LogP contribution in [0.5, 0.6) is 0 Å². The number of nitrogens with zero attached hydrogens (tertiary/aromatic N) is 2. The quantitative estimate of drug-likeness (QED) is 0.641. The summed E-state index contributed by atoms with van der Waals surface area (Å²) < 4.78 is 0. The molecule has 0 spiro atoms. The second-order valence-corrected chi connectivity index (χ2v) is 3.43. The molecule has 0 aliphatic heterocycles. The van der Waals surface area contributed by atoms with Gasteiger partial charge in [0.15, 0.2) is 0 Å². The van der Waals surface area contributed by atoms with Gasteiger partial charge in [0.05, 0.1) is 18.1 Å². The van der Waals surface area contributed by atoms with Crippen molar-refractivity contribution in [3.05, 3.63) is 12.4 Å². The van der Waals surface area contributed by atoms with Crippen LogP contribution in [0.1, 0.15) is 0 Å². The Labute approximate surface area is 70.8 Å². The molecule has 1 aromatic heterocycles. The molecule has 2 N–H and O–H groups in total. The van der Waals surface area contributed by atoms with E-state index < -0.39 is 0 Å². The molecular formula is C6H10BN3S. The lowest BCUT2D eigenvalue weighted by Gasteiger charge is -2.01. The predicted molar refractivity (Wildman–Crippen MR) is 51.2 cm³/mol. The van der Waals surface area contributed by atoms with E-state index in [1.807, 2.05) is 6.26 Å². The Kier molecular flexibility index (Phi) is 2.76. The Hall–Kier alpha value is -0.705. The van der Waals surface area contributed by atoms with Gasteiger partial charge in [0.1, 0.15) is 5.72 Å². The molecule has 1 aromatic rings. The van der Waals surface area contributed by atoms with Crippen molar-refractivity contribution in [1.29, 1.82) is 0 Å². The van der Waals surface area contributed by atoms with E-state index in [1.54, 1.807) is 24.0 Å². The molecule has 3 nitrogen and oxygen atoms in total. The fourth-order valence-corrected chi connectivity index (χ4v) is 0.996. The van der Waals surface area contributed by atoms with Crippen LogP contribution in [0.3, 0.4) is 0 Å². The summed E-state index contributed by atoms with van der Waals surface area (Å²) in [5, 5.41) is 0. The number of nitrogens with two attached hydrogens (primary N) is 1. The molecule has 0 amide bonds. The first-order chi connectivity index (χ1) is 5.24. The first-order valence-electron chi connectivity index (χ1n) is 3.34. The third-order valence-electron chi connectivity index (χ3n) is 1.41. The fourth-order valence-electron chi connectivity index (χ4n) is 0.663. The van der Waals surface area contributed by atoms with Gasteiger partial charge in [0, 0.05) is 0 Å². The van der Waals surface area contributed by atoms with Crippen LogP contribution < -0.4 is 11.5 Å². The number of hydrogen-bond donors (Lipinski definition) is 1. The van der Waals surface area contributed by atoms with Crippen LogP contribution in [0.4, 0.5) is 5.69 Å². The highest BCUT2D eigenvalue weighted by Crippen LogP contribution is 1.99. The highest BCUT2D eigenvalue weighted by Gasteiger charge is 2.10. The normalized spacial score (nSPS) is 9.64. The molecule has 5 heteroatoms. The van der Waals surface area contributed by atoms with Gasteiger partial charge in [-0.2, -0.15) is 0 Å². The maximum atomic E-state index is 5.44. The largest absolute Gasteiger partial charge is 0.396 e. The highest BCUT2D eigenvalue weighted by molar-refractivity contribution is 8.26. The highest BCUT2D eigenvalue weighted by atomic mass is 32.2. The first kappa shape index (κ1) is 8.39. The monoisotopic (exact) mass is 167 g/mol. The van der Waals surface area contributed by atoms with Gasteiger partial charge in [-0.05, 0) is 6.26 Å². The van der Waals surface area contributed by atoms with Gasteiger partial charge in [-0.1, -0.05) is 6.82 Å². The van der Waals surface area contributed by atoms with Crippen molar-refractivity contribution < 1.29 is 0 Å². The summed E-state index contributed by atoms with van der Waals surface area (Å²) in [7, 11) is 0. The summed E-state index contributed by atoms with van der Waals surface area (Å²) in [6, 6.07) is 0. The fraction of sp³-hybridized carbons (Fsp3) is 0.333. The van der Waals surface area contributed by atoms with Crippen LogP contribution in [0.2, 0.25) is 6.82 Å². The molecule has 0 radical (unpaired) electrons. The van der Waals surface area contributed by atoms with Crippen LogP contribution in [0, 0.1) is 0 Å². The van der Waals surface area contributed by atoms with Crippen LogP contribution >= 0.6 is 11.6 Å². The molecule has 0 unspecified atom stereocenters. The Morgan fingerprint density at radius 3 is 2.45 bits per heavy atom. The minimum atomic E-state index is 0.343. The molecule has 0 aliphatic rings. The van der Waals surface area contributed by atoms with Gasteiger partial charge < -0.3 is 5.73 Å². The Balaban J connectivity index is 2.81. The lowest BCUT2D eigenvalue weighted by Crippen LogP contribution is -2.29. The molecule has 0 fully saturated rings. The predicted octanol–water partition coefficient (Wildman–Crippen LogP) is 0.250. The van der Waals surface area contributed by atoms with Crippen LogP contribution in [-0.4, -0.2) is 22.2 Å². The van der Waals surface area contributed by atoms with E-state index in [2.05, 4.69) is 16.8 Å². The van der Waals surface area contributed by atoms with E-state index in [0.29, 0.717) is 11.7 Å². The summed E-state index contributed by atoms with van der Waals surface area (Å²) in [6.07, 6.45) is 5.30. The molecule has 58 valence electrons. The first-order valence-corrected chi connectivity index (χ1v) is 4.63. The van der Waals surface area contributed by atoms with Crippen LogP contribution in [-0.2, 0) is 0 Å². The van der Waals surface area contributed by atoms with E-state index >= 15 is 0 Å². The Bertz CT molecular complexity index is 226. The lowest BCUT2D eigenvalue weighted by molar-refractivity contribution is 1.24. The van der Waals surface area contributed by atoms with Crippen molar-refractivity contribution in [2.24, 2.45) is 0 Å². The van der Waals surface area contributed by atoms with Crippen molar-refractivity contribution >= 4 is 29.0 Å². The summed E-state index contributed by atoms with van der Waals surface area (Å²) in [5.41, 5.74) is 6.89. The molecule has 0 atom stereocenters. The SMILES string of the molecule is CSB(C)c1ncc(N)cn1. The molecule has 1 rings (SSSR count). The topological polar surface area (TPSA) is 51.8 Å². The zero-order valence-electron chi connectivity index (χ0n) is 6.61. The number of anilines is 1. The second-order valence-electron chi connectivity index (χ2n) is 2.25. The molecular weight excluding hydrogens is 157 g/mol. The maximum Gasteiger partial charge on any atom is 0.286 e. The van der Waals surface area contributed by atoms with Crippen molar-refractivity contribution in [2.45, 2.75) is 6.82 Å². The van der Waals surface area contributed by atoms with Crippen LogP contribution in [0.15, 0.2) is 12.4 Å². The van der Waals surface area contributed by atoms with E-state index in [0.717, 1.165) is 5.72 Å². The summed E-state index contributed by atoms with van der Waals surface area (Å²) >= 11 is 1.72. The van der Waals surface area contributed by atoms with Gasteiger partial charge in [0.25, 0.3) is 5.99 Å². The number of aromatic nitrogens is 2. The van der Waals surface area contributed by atoms with E-state index in [9.17, 15) is 0 Å². The molecule has 0 bridgehead atoms. The molecule has 1 heterocycles. The van der Waals surface area contributed by atoms with Crippen molar-refractivity contribution in [3.8, 4) is 0 Å². The number of hydrogen-bond acceptors (Lipinski definition) is 4. The van der Waals surface area contributed by atoms with Gasteiger partial charge in [0.2, 0.25) is 0 Å². The Morgan fingerprint density at radius 2 is 2.00 bits per heavy atom. The third kappa shape index (κ3) is 2.11. The van der Waals surface area contributed by atoms with Gasteiger partial charge in [-0.3, -0.25) is 0 Å². The minimum absolute atomic E-state index is 0.343. The maximum absolute atomic E-state index is 5.44. The van der Waals surface area contributed by atoms with Crippen molar-refractivity contribution in [2.75, 3.05) is 12.0 Å². The zero-order chi connectivity index (χ0) is 8.27. The summed E-state index contributed by atoms with van der Waals surface area (Å²) in [4.78, 5) is 8.18. The van der Waals surface area contributed by atoms with Crippen molar-refractivity contribution in [1.82, 2.24) is 9.97 Å². The standard InChI is InChI=1S/C6H10BN3S/c1-7(11-2)6-9-3-5(8)4-10-6/h3-4H,8H2,1-2H3. The van der Waals surface area contributed by atoms with Crippen molar-refractivity contribution in [3.63, 3.8) is 0 Å². The smallest absolute Gasteiger partial charge is 0.286 e. The Morgan fingerprint density at radius 1 is 1.45 bits per heavy atom. The minimum Gasteiger partial charge on any atom is -0.396 e. The lowest BCUT2D eigenvalue weighted by atomic mass is 9.78. The van der Waals surface area contributed by atoms with E-state index in [4.69, 9.17) is 5.73 Å². The van der Waals surface area contributed by atoms with E-state index in [1.165, 1.54) is 0 Å². The third-order valence-corrected chi connectivity index (χ3v) is 2.33. The van der Waals surface area contributed by atoms with Gasteiger partial charge in [-0.25, -0.2) is 21.6 Å². The second kappa shape index (κ2) is 3.62. The molecule has 0 saturated heterocycles. The van der Waals surface area contributed by atoms with Crippen LogP contribution in [0.25, 0.3) is 0 Å². The number of nitrogen functional groups attached to an aromatic ring is 1. The van der Waals surface area contributed by atoms with Gasteiger partial charge >= 0.3 is 0 Å². The summed E-state index contributed by atoms with van der Waals surface area (Å²) in [5.74, 6) is 0.343. The van der Waals surface area contributed by atoms with E-state index in [-0.39, 0.29) is 0 Å². The molecule has 0 aromatic carbocycles. The molecule has 11 heavy (non-hydrogen) atoms. The summed E-state index contributed by atoms with van der Waals surface area (Å²) in [6.45, 7) is 2.07. The number of rotatable bonds is 2. The average Bonchev–Trinajstić information content (AvgIpc) is 2.05. The van der Waals surface area contributed by atoms with Gasteiger partial charge in [-0.15, -0.1) is 0 Å². The zero-order valence-corrected chi connectivity index (χ0v) is 7.43. The average molecular weight is 167 g/mol. The molecule has 0 aliphatic carbocycles.